The van der Waals surface area contributed by atoms with E-state index >= 15 is 0 Å². The van der Waals surface area contributed by atoms with Crippen molar-refractivity contribution in [1.82, 2.24) is 20.2 Å². The average molecular weight is 605 g/mol. The van der Waals surface area contributed by atoms with Crippen molar-refractivity contribution in [3.8, 4) is 5.88 Å². The topological polar surface area (TPSA) is 157 Å². The predicted octanol–water partition coefficient (Wildman–Crippen LogP) is 2.13. The third-order valence-corrected chi connectivity index (χ3v) is 7.18. The molecule has 1 fully saturated rings. The van der Waals surface area contributed by atoms with Crippen LogP contribution in [-0.4, -0.2) is 82.8 Å². The zero-order chi connectivity index (χ0) is 31.6. The lowest BCUT2D eigenvalue weighted by molar-refractivity contribution is -0.146. The molecule has 12 nitrogen and oxygen atoms in total. The minimum atomic E-state index is -4.74. The maximum absolute atomic E-state index is 13.9. The molecule has 3 heterocycles. The molecule has 0 saturated carbocycles. The van der Waals surface area contributed by atoms with Gasteiger partial charge in [0.25, 0.3) is 11.8 Å². The Bertz CT molecular complexity index is 1430. The SMILES string of the molecule is CN1N=C2CCN(C(=O)[C@@H](COc3cccc(C(F)(F)F)n3)NC(=O)C(C)(C)OC(N)=O)C[C@@]2(Cc2ccccc2)C1=O. The number of likely N-dealkylation sites (tertiary alicyclic amines) is 1. The van der Waals surface area contributed by atoms with Gasteiger partial charge >= 0.3 is 12.3 Å². The number of carbonyl (C=O) groups excluding carboxylic acids is 4. The molecular weight excluding hydrogens is 573 g/mol. The van der Waals surface area contributed by atoms with Crippen molar-refractivity contribution in [2.24, 2.45) is 16.3 Å². The molecular formula is C28H31F3N6O6. The van der Waals surface area contributed by atoms with E-state index in [-0.39, 0.29) is 31.8 Å². The first-order valence-electron chi connectivity index (χ1n) is 13.3. The maximum Gasteiger partial charge on any atom is 0.433 e. The molecule has 1 saturated heterocycles. The summed E-state index contributed by atoms with van der Waals surface area (Å²) in [4.78, 5) is 56.6. The van der Waals surface area contributed by atoms with E-state index in [0.29, 0.717) is 5.71 Å². The number of rotatable bonds is 9. The predicted molar refractivity (Wildman–Crippen MR) is 145 cm³/mol. The quantitative estimate of drug-likeness (QED) is 0.444. The second-order valence-corrected chi connectivity index (χ2v) is 10.8. The molecule has 2 aliphatic rings. The van der Waals surface area contributed by atoms with Crippen molar-refractivity contribution in [2.75, 3.05) is 26.7 Å². The van der Waals surface area contributed by atoms with Gasteiger partial charge in [-0.15, -0.1) is 0 Å². The second kappa shape index (κ2) is 11.9. The van der Waals surface area contributed by atoms with E-state index in [9.17, 15) is 32.3 Å². The number of ether oxygens (including phenoxy) is 2. The summed E-state index contributed by atoms with van der Waals surface area (Å²) in [5.41, 5.74) is 2.37. The van der Waals surface area contributed by atoms with Crippen LogP contribution in [0, 0.1) is 5.41 Å². The lowest BCUT2D eigenvalue weighted by Crippen LogP contribution is -2.61. The highest BCUT2D eigenvalue weighted by atomic mass is 19.4. The van der Waals surface area contributed by atoms with Gasteiger partial charge in [0, 0.05) is 32.6 Å². The number of piperidine rings is 1. The first kappa shape index (κ1) is 31.3. The summed E-state index contributed by atoms with van der Waals surface area (Å²) in [7, 11) is 1.53. The molecule has 0 radical (unpaired) electrons. The Morgan fingerprint density at radius 2 is 1.81 bits per heavy atom. The van der Waals surface area contributed by atoms with E-state index in [1.165, 1.54) is 36.9 Å². The highest BCUT2D eigenvalue weighted by Gasteiger charge is 2.54. The molecule has 2 aromatic rings. The minimum absolute atomic E-state index is 0.0713. The summed E-state index contributed by atoms with van der Waals surface area (Å²) in [5, 5.41) is 8.12. The van der Waals surface area contributed by atoms with Gasteiger partial charge in [0.1, 0.15) is 23.8 Å². The van der Waals surface area contributed by atoms with Crippen LogP contribution in [0.1, 0.15) is 31.5 Å². The molecule has 1 aromatic carbocycles. The summed E-state index contributed by atoms with van der Waals surface area (Å²) in [5.74, 6) is -2.33. The monoisotopic (exact) mass is 604 g/mol. The van der Waals surface area contributed by atoms with Gasteiger partial charge in [0.2, 0.25) is 11.8 Å². The second-order valence-electron chi connectivity index (χ2n) is 10.8. The van der Waals surface area contributed by atoms with Gasteiger partial charge in [-0.3, -0.25) is 14.4 Å². The van der Waals surface area contributed by atoms with E-state index in [0.717, 1.165) is 17.7 Å². The Labute approximate surface area is 245 Å². The van der Waals surface area contributed by atoms with E-state index < -0.39 is 59.3 Å². The number of pyridine rings is 1. The number of nitrogens with one attached hydrogen (secondary N) is 1. The number of alkyl halides is 3. The molecule has 2 atom stereocenters. The molecule has 0 spiro atoms. The third-order valence-electron chi connectivity index (χ3n) is 7.18. The number of hydrogen-bond donors (Lipinski definition) is 2. The van der Waals surface area contributed by atoms with Crippen molar-refractivity contribution >= 4 is 29.5 Å². The Balaban J connectivity index is 1.61. The average Bonchev–Trinajstić information content (AvgIpc) is 3.18. The number of fused-ring (bicyclic) bond motifs is 1. The maximum atomic E-state index is 13.9. The minimum Gasteiger partial charge on any atom is -0.475 e. The number of benzene rings is 1. The Hall–Kier alpha value is -4.69. The molecule has 0 unspecified atom stereocenters. The fourth-order valence-electron chi connectivity index (χ4n) is 5.06. The van der Waals surface area contributed by atoms with Crippen molar-refractivity contribution in [1.29, 1.82) is 0 Å². The number of hydrogen-bond acceptors (Lipinski definition) is 8. The van der Waals surface area contributed by atoms with Crippen LogP contribution in [0.3, 0.4) is 0 Å². The fraction of sp³-hybridized carbons (Fsp3) is 0.429. The lowest BCUT2D eigenvalue weighted by Gasteiger charge is -2.40. The van der Waals surface area contributed by atoms with Crippen molar-refractivity contribution in [3.05, 3.63) is 59.8 Å². The van der Waals surface area contributed by atoms with Gasteiger partial charge in [-0.2, -0.15) is 18.3 Å². The summed E-state index contributed by atoms with van der Waals surface area (Å²) in [6.45, 7) is 1.94. The number of nitrogens with zero attached hydrogens (tertiary/aromatic N) is 4. The van der Waals surface area contributed by atoms with Gasteiger partial charge in [0.05, 0.1) is 5.71 Å². The highest BCUT2D eigenvalue weighted by Crippen LogP contribution is 2.38. The molecule has 43 heavy (non-hydrogen) atoms. The Morgan fingerprint density at radius 3 is 2.47 bits per heavy atom. The Morgan fingerprint density at radius 1 is 1.12 bits per heavy atom. The van der Waals surface area contributed by atoms with Gasteiger partial charge in [-0.25, -0.2) is 14.8 Å². The number of hydrazone groups is 1. The van der Waals surface area contributed by atoms with Crippen LogP contribution in [-0.2, 0) is 31.7 Å². The van der Waals surface area contributed by atoms with Crippen LogP contribution >= 0.6 is 0 Å². The fourth-order valence-corrected chi connectivity index (χ4v) is 5.06. The summed E-state index contributed by atoms with van der Waals surface area (Å²) < 4.78 is 49.8. The summed E-state index contributed by atoms with van der Waals surface area (Å²) in [6.07, 6.45) is -5.44. The number of halogens is 3. The summed E-state index contributed by atoms with van der Waals surface area (Å²) >= 11 is 0. The first-order chi connectivity index (χ1) is 20.1. The van der Waals surface area contributed by atoms with E-state index in [1.807, 2.05) is 30.3 Å². The van der Waals surface area contributed by atoms with Gasteiger partial charge in [0.15, 0.2) is 5.60 Å². The van der Waals surface area contributed by atoms with Crippen LogP contribution in [0.15, 0.2) is 53.6 Å². The van der Waals surface area contributed by atoms with Crippen LogP contribution in [0.25, 0.3) is 0 Å². The van der Waals surface area contributed by atoms with Gasteiger partial charge in [-0.05, 0) is 31.9 Å². The zero-order valence-corrected chi connectivity index (χ0v) is 23.7. The Kier molecular flexibility index (Phi) is 8.64. The first-order valence-corrected chi connectivity index (χ1v) is 13.3. The van der Waals surface area contributed by atoms with E-state index in [2.05, 4.69) is 15.4 Å². The zero-order valence-electron chi connectivity index (χ0n) is 23.7. The van der Waals surface area contributed by atoms with Gasteiger partial charge in [-0.1, -0.05) is 36.4 Å². The number of nitrogens with two attached hydrogens (primary N) is 1. The van der Waals surface area contributed by atoms with Crippen molar-refractivity contribution in [2.45, 2.75) is 44.5 Å². The largest absolute Gasteiger partial charge is 0.475 e. The lowest BCUT2D eigenvalue weighted by atomic mass is 9.73. The van der Waals surface area contributed by atoms with E-state index in [1.54, 1.807) is 0 Å². The van der Waals surface area contributed by atoms with Gasteiger partial charge < -0.3 is 25.4 Å². The number of aromatic nitrogens is 1. The van der Waals surface area contributed by atoms with E-state index in [4.69, 9.17) is 15.2 Å². The molecule has 0 bridgehead atoms. The molecule has 3 N–H and O–H groups in total. The number of primary amides is 1. The number of amides is 4. The molecule has 1 aromatic heterocycles. The van der Waals surface area contributed by atoms with Crippen molar-refractivity contribution < 1.29 is 41.8 Å². The smallest absolute Gasteiger partial charge is 0.433 e. The molecule has 230 valence electrons. The normalized spacial score (nSPS) is 19.3. The molecule has 0 aliphatic carbocycles. The van der Waals surface area contributed by atoms with Crippen LogP contribution < -0.4 is 15.8 Å². The molecule has 15 heteroatoms. The van der Waals surface area contributed by atoms with Crippen LogP contribution in [0.5, 0.6) is 5.88 Å². The standard InChI is InChI=1S/C28H31F3N6O6/c1-26(2,43-25(32)41)23(39)33-18(15-42-21-11-7-10-20(34-21)28(29,30)31)22(38)37-13-12-19-27(16-37,24(40)36(3)35-19)14-17-8-5-4-6-9-17/h4-11,18H,12-16H2,1-3H3,(H2,32,41)(H,33,39)/t18-,27-/m1/s1. The van der Waals surface area contributed by atoms with Crippen LogP contribution in [0.4, 0.5) is 18.0 Å². The highest BCUT2D eigenvalue weighted by molar-refractivity contribution is 6.13. The summed E-state index contributed by atoms with van der Waals surface area (Å²) in [6, 6.07) is 10.8. The molecule has 4 rings (SSSR count). The van der Waals surface area contributed by atoms with Crippen molar-refractivity contribution in [3.63, 3.8) is 0 Å². The van der Waals surface area contributed by atoms with Crippen LogP contribution in [0.2, 0.25) is 0 Å². The molecule has 4 amide bonds. The number of carbonyl (C=O) groups is 4. The molecule has 2 aliphatic heterocycles. The third kappa shape index (κ3) is 6.87.